The van der Waals surface area contributed by atoms with Crippen molar-refractivity contribution in [3.8, 4) is 5.75 Å². The van der Waals surface area contributed by atoms with Crippen molar-refractivity contribution in [2.24, 2.45) is 0 Å². The van der Waals surface area contributed by atoms with Gasteiger partial charge in [0.25, 0.3) is 5.91 Å². The molecule has 1 amide bonds. The average molecular weight is 321 g/mol. The number of thiocarbonyl (C=S) groups is 1. The third-order valence-corrected chi connectivity index (χ3v) is 3.40. The van der Waals surface area contributed by atoms with Crippen molar-refractivity contribution >= 4 is 23.2 Å². The summed E-state index contributed by atoms with van der Waals surface area (Å²) in [7, 11) is 0. The van der Waals surface area contributed by atoms with Crippen molar-refractivity contribution in [1.29, 1.82) is 0 Å². The van der Waals surface area contributed by atoms with Crippen LogP contribution in [0.2, 0.25) is 0 Å². The Hall–Kier alpha value is -2.08. The molecule has 6 heteroatoms. The van der Waals surface area contributed by atoms with E-state index in [0.717, 1.165) is 6.42 Å². The lowest BCUT2D eigenvalue weighted by atomic mass is 9.99. The molecule has 120 valence electrons. The summed E-state index contributed by atoms with van der Waals surface area (Å²) in [5.74, 6) is 0.869. The first-order valence-corrected chi connectivity index (χ1v) is 7.64. The molecule has 1 aromatic carbocycles. The number of carbonyl (C=O) groups excluding carboxylic acids is 1. The summed E-state index contributed by atoms with van der Waals surface area (Å²) < 4.78 is 5.42. The highest BCUT2D eigenvalue weighted by Gasteiger charge is 2.05. The van der Waals surface area contributed by atoms with Crippen molar-refractivity contribution in [3.05, 3.63) is 42.5 Å². The van der Waals surface area contributed by atoms with Crippen LogP contribution in [-0.4, -0.2) is 24.2 Å². The SMILES string of the molecule is C=CCNC(=S)NNC(=O)COc1ccc(C(C)CC)cc1. The molecular formula is C16H23N3O2S. The van der Waals surface area contributed by atoms with Crippen molar-refractivity contribution < 1.29 is 9.53 Å². The van der Waals surface area contributed by atoms with Gasteiger partial charge in [-0.05, 0) is 42.3 Å². The molecule has 22 heavy (non-hydrogen) atoms. The van der Waals surface area contributed by atoms with Gasteiger partial charge in [-0.3, -0.25) is 15.6 Å². The van der Waals surface area contributed by atoms with Crippen molar-refractivity contribution in [2.75, 3.05) is 13.2 Å². The fourth-order valence-corrected chi connectivity index (χ4v) is 1.78. The fourth-order valence-electron chi connectivity index (χ4n) is 1.65. The highest BCUT2D eigenvalue weighted by Crippen LogP contribution is 2.21. The molecule has 5 nitrogen and oxygen atoms in total. The summed E-state index contributed by atoms with van der Waals surface area (Å²) in [6.45, 7) is 8.33. The number of benzene rings is 1. The van der Waals surface area contributed by atoms with Crippen molar-refractivity contribution in [1.82, 2.24) is 16.2 Å². The van der Waals surface area contributed by atoms with Gasteiger partial charge in [-0.1, -0.05) is 32.1 Å². The number of carbonyl (C=O) groups is 1. The number of hydrogen-bond donors (Lipinski definition) is 3. The lowest BCUT2D eigenvalue weighted by Gasteiger charge is -2.12. The average Bonchev–Trinajstić information content (AvgIpc) is 2.55. The second kappa shape index (κ2) is 9.78. The first-order valence-electron chi connectivity index (χ1n) is 7.23. The molecule has 0 saturated heterocycles. The van der Waals surface area contributed by atoms with E-state index in [4.69, 9.17) is 17.0 Å². The predicted molar refractivity (Wildman–Crippen MR) is 92.7 cm³/mol. The van der Waals surface area contributed by atoms with Gasteiger partial charge in [0.2, 0.25) is 0 Å². The zero-order valence-electron chi connectivity index (χ0n) is 13.0. The molecule has 1 rings (SSSR count). The lowest BCUT2D eigenvalue weighted by Crippen LogP contribution is -2.48. The maximum atomic E-state index is 11.6. The van der Waals surface area contributed by atoms with Crippen LogP contribution in [0.25, 0.3) is 0 Å². The first-order chi connectivity index (χ1) is 10.6. The standard InChI is InChI=1S/C16H23N3O2S/c1-4-10-17-16(22)19-18-15(20)11-21-14-8-6-13(7-9-14)12(3)5-2/h4,6-9,12H,1,5,10-11H2,2-3H3,(H,18,20)(H2,17,19,22). The van der Waals surface area contributed by atoms with E-state index >= 15 is 0 Å². The quantitative estimate of drug-likeness (QED) is 0.408. The Morgan fingerprint density at radius 2 is 2.05 bits per heavy atom. The van der Waals surface area contributed by atoms with Crippen LogP contribution in [0.3, 0.4) is 0 Å². The number of ether oxygens (including phenoxy) is 1. The summed E-state index contributed by atoms with van der Waals surface area (Å²) >= 11 is 4.94. The van der Waals surface area contributed by atoms with Gasteiger partial charge in [0.15, 0.2) is 11.7 Å². The summed E-state index contributed by atoms with van der Waals surface area (Å²) in [4.78, 5) is 11.6. The van der Waals surface area contributed by atoms with Crippen LogP contribution < -0.4 is 20.9 Å². The van der Waals surface area contributed by atoms with E-state index in [1.54, 1.807) is 6.08 Å². The molecule has 1 aromatic rings. The van der Waals surface area contributed by atoms with Crippen LogP contribution in [0.4, 0.5) is 0 Å². The monoisotopic (exact) mass is 321 g/mol. The molecule has 0 heterocycles. The summed E-state index contributed by atoms with van der Waals surface area (Å²) in [6.07, 6.45) is 2.76. The molecule has 0 aliphatic heterocycles. The minimum absolute atomic E-state index is 0.0836. The molecule has 0 bridgehead atoms. The molecule has 0 aliphatic rings. The smallest absolute Gasteiger partial charge is 0.276 e. The van der Waals surface area contributed by atoms with Gasteiger partial charge in [-0.2, -0.15) is 0 Å². The van der Waals surface area contributed by atoms with Crippen LogP contribution in [0, 0.1) is 0 Å². The van der Waals surface area contributed by atoms with E-state index in [9.17, 15) is 4.79 Å². The van der Waals surface area contributed by atoms with Gasteiger partial charge in [0.05, 0.1) is 0 Å². The van der Waals surface area contributed by atoms with Crippen molar-refractivity contribution in [3.63, 3.8) is 0 Å². The highest BCUT2D eigenvalue weighted by atomic mass is 32.1. The van der Waals surface area contributed by atoms with Gasteiger partial charge in [-0.15, -0.1) is 6.58 Å². The Bertz CT molecular complexity index is 503. The van der Waals surface area contributed by atoms with E-state index in [1.807, 2.05) is 24.3 Å². The van der Waals surface area contributed by atoms with Crippen LogP contribution in [0.5, 0.6) is 5.75 Å². The van der Waals surface area contributed by atoms with Gasteiger partial charge in [0.1, 0.15) is 5.75 Å². The second-order valence-electron chi connectivity index (χ2n) is 4.84. The maximum absolute atomic E-state index is 11.6. The first kappa shape index (κ1) is 18.0. The predicted octanol–water partition coefficient (Wildman–Crippen LogP) is 2.26. The number of amides is 1. The van der Waals surface area contributed by atoms with E-state index in [1.165, 1.54) is 5.56 Å². The normalized spacial score (nSPS) is 11.2. The zero-order valence-corrected chi connectivity index (χ0v) is 13.8. The minimum Gasteiger partial charge on any atom is -0.484 e. The Kier molecular flexibility index (Phi) is 7.99. The highest BCUT2D eigenvalue weighted by molar-refractivity contribution is 7.80. The Morgan fingerprint density at radius 1 is 1.36 bits per heavy atom. The number of hydrazine groups is 1. The van der Waals surface area contributed by atoms with Crippen LogP contribution in [0.1, 0.15) is 31.7 Å². The molecule has 3 N–H and O–H groups in total. The molecular weight excluding hydrogens is 298 g/mol. The zero-order chi connectivity index (χ0) is 16.4. The van der Waals surface area contributed by atoms with E-state index < -0.39 is 0 Å². The van der Waals surface area contributed by atoms with Crippen LogP contribution in [-0.2, 0) is 4.79 Å². The van der Waals surface area contributed by atoms with Crippen molar-refractivity contribution in [2.45, 2.75) is 26.2 Å². The molecule has 0 fully saturated rings. The Morgan fingerprint density at radius 3 is 2.64 bits per heavy atom. The molecule has 0 aliphatic carbocycles. The second-order valence-corrected chi connectivity index (χ2v) is 5.25. The lowest BCUT2D eigenvalue weighted by molar-refractivity contribution is -0.123. The van der Waals surface area contributed by atoms with E-state index in [0.29, 0.717) is 23.3 Å². The molecule has 1 unspecified atom stereocenters. The number of hydrogen-bond acceptors (Lipinski definition) is 3. The molecule has 0 spiro atoms. The molecule has 0 saturated carbocycles. The third kappa shape index (κ3) is 6.58. The fraction of sp³-hybridized carbons (Fsp3) is 0.375. The third-order valence-electron chi connectivity index (χ3n) is 3.15. The largest absolute Gasteiger partial charge is 0.484 e. The van der Waals surface area contributed by atoms with Gasteiger partial charge in [-0.25, -0.2) is 0 Å². The van der Waals surface area contributed by atoms with Gasteiger partial charge >= 0.3 is 0 Å². The van der Waals surface area contributed by atoms with Gasteiger partial charge < -0.3 is 10.1 Å². The van der Waals surface area contributed by atoms with Crippen LogP contribution in [0.15, 0.2) is 36.9 Å². The summed E-state index contributed by atoms with van der Waals surface area (Å²) in [5, 5.41) is 3.16. The topological polar surface area (TPSA) is 62.4 Å². The minimum atomic E-state index is -0.311. The van der Waals surface area contributed by atoms with Crippen LogP contribution >= 0.6 is 12.2 Å². The van der Waals surface area contributed by atoms with Gasteiger partial charge in [0, 0.05) is 6.54 Å². The van der Waals surface area contributed by atoms with E-state index in [2.05, 4.69) is 36.6 Å². The Labute approximate surface area is 137 Å². The maximum Gasteiger partial charge on any atom is 0.276 e. The molecule has 1 atom stereocenters. The summed E-state index contributed by atoms with van der Waals surface area (Å²) in [6, 6.07) is 7.79. The number of rotatable bonds is 7. The van der Waals surface area contributed by atoms with E-state index in [-0.39, 0.29) is 12.5 Å². The number of nitrogens with one attached hydrogen (secondary N) is 3. The molecule has 0 aromatic heterocycles. The molecule has 0 radical (unpaired) electrons. The Balaban J connectivity index is 2.31. The summed E-state index contributed by atoms with van der Waals surface area (Å²) in [5.41, 5.74) is 6.29.